The van der Waals surface area contributed by atoms with Gasteiger partial charge in [-0.25, -0.2) is 0 Å². The average molecular weight is 339 g/mol. The van der Waals surface area contributed by atoms with Crippen molar-refractivity contribution in [2.45, 2.75) is 51.7 Å². The van der Waals surface area contributed by atoms with E-state index in [9.17, 15) is 9.90 Å². The van der Waals surface area contributed by atoms with Crippen LogP contribution in [0.3, 0.4) is 0 Å². The van der Waals surface area contributed by atoms with Crippen LogP contribution < -0.4 is 0 Å². The van der Waals surface area contributed by atoms with Gasteiger partial charge in [-0.1, -0.05) is 45.0 Å². The smallest absolute Gasteiger partial charge is 0.257 e. The number of furan rings is 1. The van der Waals surface area contributed by atoms with E-state index >= 15 is 0 Å². The highest BCUT2D eigenvalue weighted by atomic mass is 16.3. The zero-order valence-electron chi connectivity index (χ0n) is 15.2. The Bertz CT molecular complexity index is 837. The highest BCUT2D eigenvalue weighted by Crippen LogP contribution is 2.59. The molecule has 2 bridgehead atoms. The van der Waals surface area contributed by atoms with E-state index in [4.69, 9.17) is 4.42 Å². The Morgan fingerprint density at radius 2 is 1.96 bits per heavy atom. The zero-order valence-corrected chi connectivity index (χ0v) is 15.2. The van der Waals surface area contributed by atoms with Crippen molar-refractivity contribution in [3.63, 3.8) is 0 Å². The average Bonchev–Trinajstić information content (AvgIpc) is 3.00. The second kappa shape index (κ2) is 5.21. The van der Waals surface area contributed by atoms with E-state index in [1.54, 1.807) is 19.3 Å². The number of hydrogen-bond acceptors (Lipinski definition) is 3. The minimum absolute atomic E-state index is 0.0511. The van der Waals surface area contributed by atoms with Crippen molar-refractivity contribution >= 4 is 5.91 Å². The van der Waals surface area contributed by atoms with Gasteiger partial charge >= 0.3 is 0 Å². The van der Waals surface area contributed by atoms with Crippen molar-refractivity contribution < 1.29 is 14.3 Å². The molecule has 0 radical (unpaired) electrons. The lowest BCUT2D eigenvalue weighted by atomic mass is 9.50. The molecule has 1 saturated heterocycles. The molecule has 132 valence electrons. The third kappa shape index (κ3) is 2.00. The first kappa shape index (κ1) is 16.4. The van der Waals surface area contributed by atoms with Crippen LogP contribution in [-0.2, 0) is 5.41 Å². The van der Waals surface area contributed by atoms with Crippen LogP contribution in [-0.4, -0.2) is 28.5 Å². The van der Waals surface area contributed by atoms with Crippen molar-refractivity contribution in [2.75, 3.05) is 6.54 Å². The molecule has 1 amide bonds. The quantitative estimate of drug-likeness (QED) is 0.859. The van der Waals surface area contributed by atoms with Gasteiger partial charge in [0, 0.05) is 12.0 Å². The maximum atomic E-state index is 13.2. The van der Waals surface area contributed by atoms with E-state index in [-0.39, 0.29) is 22.8 Å². The number of aryl methyl sites for hydroxylation is 1. The van der Waals surface area contributed by atoms with Crippen molar-refractivity contribution in [1.82, 2.24) is 4.90 Å². The second-order valence-electron chi connectivity index (χ2n) is 8.17. The van der Waals surface area contributed by atoms with Crippen molar-refractivity contribution in [3.8, 4) is 0 Å². The number of benzene rings is 1. The highest BCUT2D eigenvalue weighted by Gasteiger charge is 2.60. The monoisotopic (exact) mass is 339 g/mol. The van der Waals surface area contributed by atoms with E-state index in [1.807, 2.05) is 23.1 Å². The fourth-order valence-corrected chi connectivity index (χ4v) is 4.99. The van der Waals surface area contributed by atoms with Crippen LogP contribution in [0, 0.1) is 12.3 Å². The summed E-state index contributed by atoms with van der Waals surface area (Å²) in [5.74, 6) is 0.576. The molecule has 2 aromatic rings. The van der Waals surface area contributed by atoms with E-state index < -0.39 is 6.10 Å². The topological polar surface area (TPSA) is 53.7 Å². The largest absolute Gasteiger partial charge is 0.469 e. The van der Waals surface area contributed by atoms with E-state index in [1.165, 1.54) is 5.56 Å². The van der Waals surface area contributed by atoms with Crippen LogP contribution in [0.5, 0.6) is 0 Å². The molecule has 1 N–H and O–H groups in total. The first-order valence-electron chi connectivity index (χ1n) is 8.91. The SMILES string of the molecule is Cc1occc1C(=O)N1CC[C@@]2(C)c3ccccc3C(O)[C@H]1C2(C)C. The molecule has 2 heterocycles. The summed E-state index contributed by atoms with van der Waals surface area (Å²) in [7, 11) is 0. The maximum Gasteiger partial charge on any atom is 0.257 e. The minimum atomic E-state index is -0.685. The van der Waals surface area contributed by atoms with E-state index in [2.05, 4.69) is 26.8 Å². The summed E-state index contributed by atoms with van der Waals surface area (Å²) in [4.78, 5) is 15.0. The van der Waals surface area contributed by atoms with E-state index in [0.29, 0.717) is 17.9 Å². The lowest BCUT2D eigenvalue weighted by Crippen LogP contribution is -2.66. The van der Waals surface area contributed by atoms with Gasteiger partial charge in [-0.2, -0.15) is 0 Å². The Kier molecular flexibility index (Phi) is 3.42. The first-order valence-corrected chi connectivity index (χ1v) is 8.91. The van der Waals surface area contributed by atoms with Gasteiger partial charge in [-0.05, 0) is 36.0 Å². The zero-order chi connectivity index (χ0) is 18.0. The number of carbonyl (C=O) groups excluding carboxylic acids is 1. The molecule has 1 aliphatic carbocycles. The van der Waals surface area contributed by atoms with Crippen LogP contribution in [0.1, 0.15) is 60.5 Å². The normalized spacial score (nSPS) is 30.0. The van der Waals surface area contributed by atoms with Crippen molar-refractivity contribution in [3.05, 3.63) is 59.0 Å². The van der Waals surface area contributed by atoms with Gasteiger partial charge in [0.05, 0.1) is 17.9 Å². The van der Waals surface area contributed by atoms with Gasteiger partial charge < -0.3 is 14.4 Å². The molecule has 25 heavy (non-hydrogen) atoms. The number of carbonyl (C=O) groups is 1. The molecule has 1 aromatic carbocycles. The Morgan fingerprint density at radius 1 is 1.24 bits per heavy atom. The summed E-state index contributed by atoms with van der Waals surface area (Å²) in [5.41, 5.74) is 2.44. The lowest BCUT2D eigenvalue weighted by Gasteiger charge is -2.62. The van der Waals surface area contributed by atoms with Gasteiger partial charge in [0.2, 0.25) is 0 Å². The maximum absolute atomic E-state index is 13.2. The Morgan fingerprint density at radius 3 is 2.64 bits per heavy atom. The third-order valence-corrected chi connectivity index (χ3v) is 6.87. The number of rotatable bonds is 1. The van der Waals surface area contributed by atoms with Crippen LogP contribution in [0.15, 0.2) is 41.0 Å². The molecule has 1 fully saturated rings. The van der Waals surface area contributed by atoms with Gasteiger partial charge in [-0.15, -0.1) is 0 Å². The third-order valence-electron chi connectivity index (χ3n) is 6.87. The Hall–Kier alpha value is -2.07. The molecular weight excluding hydrogens is 314 g/mol. The molecule has 1 unspecified atom stereocenters. The number of likely N-dealkylation sites (tertiary alicyclic amines) is 1. The molecule has 2 aliphatic rings. The van der Waals surface area contributed by atoms with E-state index in [0.717, 1.165) is 12.0 Å². The number of hydrogen-bond donors (Lipinski definition) is 1. The summed E-state index contributed by atoms with van der Waals surface area (Å²) in [6.45, 7) is 9.07. The predicted molar refractivity (Wildman–Crippen MR) is 95.4 cm³/mol. The summed E-state index contributed by atoms with van der Waals surface area (Å²) in [6.07, 6.45) is 1.74. The standard InChI is InChI=1S/C21H25NO3/c1-13-14(9-12-25-13)19(24)22-11-10-21(4)16-8-6-5-7-15(16)17(23)18(22)20(21,2)3/h5-9,12,17-18,23H,10-11H2,1-4H3/t17?,18-,21-/m0/s1. The molecule has 1 aromatic heterocycles. The number of nitrogens with zero attached hydrogens (tertiary/aromatic N) is 1. The van der Waals surface area contributed by atoms with Gasteiger partial charge in [0.1, 0.15) is 11.9 Å². The summed E-state index contributed by atoms with van der Waals surface area (Å²) in [5, 5.41) is 11.2. The molecule has 4 rings (SSSR count). The number of aliphatic hydroxyl groups is 1. The van der Waals surface area contributed by atoms with Crippen molar-refractivity contribution in [1.29, 1.82) is 0 Å². The molecular formula is C21H25NO3. The van der Waals surface area contributed by atoms with Crippen molar-refractivity contribution in [2.24, 2.45) is 5.41 Å². The van der Waals surface area contributed by atoms with Crippen LogP contribution in [0.25, 0.3) is 0 Å². The minimum Gasteiger partial charge on any atom is -0.469 e. The highest BCUT2D eigenvalue weighted by molar-refractivity contribution is 5.95. The first-order chi connectivity index (χ1) is 11.8. The molecule has 0 spiro atoms. The molecule has 3 atom stereocenters. The Labute approximate surface area is 148 Å². The summed E-state index contributed by atoms with van der Waals surface area (Å²) < 4.78 is 5.33. The summed E-state index contributed by atoms with van der Waals surface area (Å²) >= 11 is 0. The molecule has 4 heteroatoms. The van der Waals surface area contributed by atoms with Crippen LogP contribution in [0.2, 0.25) is 0 Å². The molecule has 1 aliphatic heterocycles. The van der Waals surface area contributed by atoms with Crippen LogP contribution >= 0.6 is 0 Å². The number of piperidine rings is 1. The number of amides is 1. The van der Waals surface area contributed by atoms with Crippen LogP contribution in [0.4, 0.5) is 0 Å². The molecule has 0 saturated carbocycles. The fourth-order valence-electron chi connectivity index (χ4n) is 4.99. The van der Waals surface area contributed by atoms with Gasteiger partial charge in [0.25, 0.3) is 5.91 Å². The summed E-state index contributed by atoms with van der Waals surface area (Å²) in [6, 6.07) is 9.60. The predicted octanol–water partition coefficient (Wildman–Crippen LogP) is 3.83. The fraction of sp³-hybridized carbons (Fsp3) is 0.476. The van der Waals surface area contributed by atoms with Gasteiger partial charge in [0.15, 0.2) is 0 Å². The Balaban J connectivity index is 1.84. The van der Waals surface area contributed by atoms with Gasteiger partial charge in [-0.3, -0.25) is 4.79 Å². The number of fused-ring (bicyclic) bond motifs is 4. The molecule has 4 nitrogen and oxygen atoms in total. The lowest BCUT2D eigenvalue weighted by molar-refractivity contribution is -0.0879. The second-order valence-corrected chi connectivity index (χ2v) is 8.17. The number of aliphatic hydroxyl groups excluding tert-OH is 1.